The second-order valence-corrected chi connectivity index (χ2v) is 9.00. The lowest BCUT2D eigenvalue weighted by molar-refractivity contribution is -0.144. The zero-order valence-electron chi connectivity index (χ0n) is 17.0. The van der Waals surface area contributed by atoms with Gasteiger partial charge < -0.3 is 15.2 Å². The fourth-order valence-corrected chi connectivity index (χ4v) is 5.72. The van der Waals surface area contributed by atoms with Crippen LogP contribution in [0.3, 0.4) is 0 Å². The SMILES string of the molecule is O=C(NCC1(C(=O)O)CC1C1CCCC1)OCC1c2ccccc2-c2ccccc21. The van der Waals surface area contributed by atoms with Crippen LogP contribution in [-0.2, 0) is 9.53 Å². The molecule has 2 aromatic rings. The lowest BCUT2D eigenvalue weighted by Crippen LogP contribution is -2.37. The molecule has 3 aliphatic rings. The Kier molecular flexibility index (Phi) is 4.76. The van der Waals surface area contributed by atoms with Gasteiger partial charge in [0.15, 0.2) is 0 Å². The van der Waals surface area contributed by atoms with Crippen molar-refractivity contribution in [1.82, 2.24) is 5.32 Å². The average molecular weight is 405 g/mol. The Balaban J connectivity index is 1.21. The van der Waals surface area contributed by atoms with Gasteiger partial charge in [0.2, 0.25) is 0 Å². The molecule has 0 aromatic heterocycles. The van der Waals surface area contributed by atoms with E-state index in [2.05, 4.69) is 29.6 Å². The van der Waals surface area contributed by atoms with E-state index in [0.29, 0.717) is 12.3 Å². The maximum absolute atomic E-state index is 12.4. The molecule has 3 aliphatic carbocycles. The number of rotatable bonds is 6. The molecule has 0 saturated heterocycles. The highest BCUT2D eigenvalue weighted by Gasteiger charge is 2.63. The molecule has 1 amide bonds. The van der Waals surface area contributed by atoms with E-state index in [1.165, 1.54) is 24.0 Å². The highest BCUT2D eigenvalue weighted by molar-refractivity contribution is 5.81. The van der Waals surface area contributed by atoms with Gasteiger partial charge in [-0.2, -0.15) is 0 Å². The van der Waals surface area contributed by atoms with Gasteiger partial charge in [-0.15, -0.1) is 0 Å². The van der Waals surface area contributed by atoms with Crippen molar-refractivity contribution < 1.29 is 19.4 Å². The number of benzene rings is 2. The van der Waals surface area contributed by atoms with Gasteiger partial charge in [-0.05, 0) is 40.5 Å². The van der Waals surface area contributed by atoms with Crippen molar-refractivity contribution in [2.24, 2.45) is 17.3 Å². The third-order valence-corrected chi connectivity index (χ3v) is 7.42. The van der Waals surface area contributed by atoms with Crippen molar-refractivity contribution in [1.29, 1.82) is 0 Å². The zero-order chi connectivity index (χ0) is 20.7. The lowest BCUT2D eigenvalue weighted by Gasteiger charge is -2.18. The topological polar surface area (TPSA) is 75.6 Å². The monoisotopic (exact) mass is 405 g/mol. The molecule has 0 aliphatic heterocycles. The molecule has 156 valence electrons. The fourth-order valence-electron chi connectivity index (χ4n) is 5.72. The molecule has 5 nitrogen and oxygen atoms in total. The standard InChI is InChI=1S/C25H27NO4/c27-23(28)25(13-22(25)16-7-1-2-8-16)15-26-24(29)30-14-21-19-11-5-3-9-17(19)18-10-4-6-12-20(18)21/h3-6,9-12,16,21-22H,1-2,7-8,13-15H2,(H,26,29)(H,27,28). The summed E-state index contributed by atoms with van der Waals surface area (Å²) >= 11 is 0. The molecule has 30 heavy (non-hydrogen) atoms. The summed E-state index contributed by atoms with van der Waals surface area (Å²) in [7, 11) is 0. The third-order valence-electron chi connectivity index (χ3n) is 7.42. The van der Waals surface area contributed by atoms with Crippen LogP contribution in [0.4, 0.5) is 4.79 Å². The molecule has 5 rings (SSSR count). The van der Waals surface area contributed by atoms with E-state index in [1.807, 2.05) is 24.3 Å². The van der Waals surface area contributed by atoms with Crippen molar-refractivity contribution in [3.8, 4) is 11.1 Å². The number of carbonyl (C=O) groups excluding carboxylic acids is 1. The van der Waals surface area contributed by atoms with Crippen molar-refractivity contribution in [2.75, 3.05) is 13.2 Å². The van der Waals surface area contributed by atoms with Crippen LogP contribution in [0.2, 0.25) is 0 Å². The van der Waals surface area contributed by atoms with Gasteiger partial charge in [0.1, 0.15) is 6.61 Å². The van der Waals surface area contributed by atoms with Crippen molar-refractivity contribution in [3.63, 3.8) is 0 Å². The summed E-state index contributed by atoms with van der Waals surface area (Å²) in [5, 5.41) is 12.5. The van der Waals surface area contributed by atoms with E-state index in [9.17, 15) is 14.7 Å². The van der Waals surface area contributed by atoms with Crippen LogP contribution in [0, 0.1) is 17.3 Å². The van der Waals surface area contributed by atoms with Crippen LogP contribution in [-0.4, -0.2) is 30.3 Å². The van der Waals surface area contributed by atoms with Crippen LogP contribution >= 0.6 is 0 Å². The number of carboxylic acid groups (broad SMARTS) is 1. The fraction of sp³-hybridized carbons (Fsp3) is 0.440. The minimum absolute atomic E-state index is 0.00347. The molecule has 0 heterocycles. The largest absolute Gasteiger partial charge is 0.481 e. The molecule has 0 radical (unpaired) electrons. The first kappa shape index (κ1) is 19.2. The van der Waals surface area contributed by atoms with Gasteiger partial charge >= 0.3 is 12.1 Å². The minimum atomic E-state index is -0.805. The van der Waals surface area contributed by atoms with Gasteiger partial charge in [-0.25, -0.2) is 4.79 Å². The van der Waals surface area contributed by atoms with Crippen molar-refractivity contribution in [3.05, 3.63) is 59.7 Å². The number of alkyl carbamates (subject to hydrolysis) is 1. The summed E-state index contributed by atoms with van der Waals surface area (Å²) in [4.78, 5) is 24.3. The molecule has 0 spiro atoms. The first-order valence-corrected chi connectivity index (χ1v) is 10.9. The number of fused-ring (bicyclic) bond motifs is 3. The molecule has 2 atom stereocenters. The molecule has 2 saturated carbocycles. The smallest absolute Gasteiger partial charge is 0.407 e. The Hall–Kier alpha value is -2.82. The molecule has 2 fully saturated rings. The second-order valence-electron chi connectivity index (χ2n) is 9.00. The number of nitrogens with one attached hydrogen (secondary N) is 1. The van der Waals surface area contributed by atoms with Crippen molar-refractivity contribution in [2.45, 2.75) is 38.0 Å². The summed E-state index contributed by atoms with van der Waals surface area (Å²) in [6.45, 7) is 0.395. The Morgan fingerprint density at radius 3 is 2.20 bits per heavy atom. The van der Waals surface area contributed by atoms with Crippen LogP contribution in [0.1, 0.15) is 49.1 Å². The van der Waals surface area contributed by atoms with Gasteiger partial charge in [-0.3, -0.25) is 4.79 Å². The Morgan fingerprint density at radius 1 is 1.00 bits per heavy atom. The van der Waals surface area contributed by atoms with Crippen molar-refractivity contribution >= 4 is 12.1 Å². The van der Waals surface area contributed by atoms with Gasteiger partial charge in [-0.1, -0.05) is 74.2 Å². The molecule has 5 heteroatoms. The Labute approximate surface area is 176 Å². The van der Waals surface area contributed by atoms with Crippen LogP contribution in [0.5, 0.6) is 0 Å². The number of ether oxygens (including phenoxy) is 1. The molecular formula is C25H27NO4. The number of carboxylic acids is 1. The first-order chi connectivity index (χ1) is 14.6. The number of aliphatic carboxylic acids is 1. The van der Waals surface area contributed by atoms with Crippen LogP contribution in [0.25, 0.3) is 11.1 Å². The highest BCUT2D eigenvalue weighted by Crippen LogP contribution is 2.59. The van der Waals surface area contributed by atoms with Gasteiger partial charge in [0, 0.05) is 12.5 Å². The molecule has 2 N–H and O–H groups in total. The van der Waals surface area contributed by atoms with Crippen LogP contribution in [0.15, 0.2) is 48.5 Å². The molecule has 2 unspecified atom stereocenters. The zero-order valence-corrected chi connectivity index (χ0v) is 17.0. The summed E-state index contributed by atoms with van der Waals surface area (Å²) in [6, 6.07) is 16.4. The normalized spacial score (nSPS) is 24.9. The summed E-state index contributed by atoms with van der Waals surface area (Å²) in [5.41, 5.74) is 3.89. The number of hydrogen-bond acceptors (Lipinski definition) is 3. The Bertz CT molecular complexity index is 935. The van der Waals surface area contributed by atoms with Crippen LogP contribution < -0.4 is 5.32 Å². The molecular weight excluding hydrogens is 378 g/mol. The maximum Gasteiger partial charge on any atom is 0.407 e. The van der Waals surface area contributed by atoms with E-state index in [1.54, 1.807) is 0 Å². The molecule has 0 bridgehead atoms. The van der Waals surface area contributed by atoms with E-state index >= 15 is 0 Å². The van der Waals surface area contributed by atoms with E-state index in [0.717, 1.165) is 24.0 Å². The van der Waals surface area contributed by atoms with E-state index in [4.69, 9.17) is 4.74 Å². The quantitative estimate of drug-likeness (QED) is 0.723. The van der Waals surface area contributed by atoms with Gasteiger partial charge in [0.05, 0.1) is 5.41 Å². The maximum atomic E-state index is 12.4. The minimum Gasteiger partial charge on any atom is -0.481 e. The number of carbonyl (C=O) groups is 2. The summed E-state index contributed by atoms with van der Waals surface area (Å²) in [5.74, 6) is -0.112. The number of amides is 1. The first-order valence-electron chi connectivity index (χ1n) is 10.9. The predicted octanol–water partition coefficient (Wildman–Crippen LogP) is 4.81. The van der Waals surface area contributed by atoms with Gasteiger partial charge in [0.25, 0.3) is 0 Å². The summed E-state index contributed by atoms with van der Waals surface area (Å²) in [6.07, 6.45) is 4.74. The highest BCUT2D eigenvalue weighted by atomic mass is 16.5. The number of hydrogen-bond donors (Lipinski definition) is 2. The average Bonchev–Trinajstić information content (AvgIpc) is 3.11. The van der Waals surface area contributed by atoms with E-state index in [-0.39, 0.29) is 25.0 Å². The third kappa shape index (κ3) is 3.17. The summed E-state index contributed by atoms with van der Waals surface area (Å²) < 4.78 is 5.56. The second kappa shape index (κ2) is 7.46. The van der Waals surface area contributed by atoms with E-state index < -0.39 is 17.5 Å². The predicted molar refractivity (Wildman–Crippen MR) is 113 cm³/mol. The Morgan fingerprint density at radius 2 is 1.60 bits per heavy atom. The molecule has 2 aromatic carbocycles. The lowest BCUT2D eigenvalue weighted by atomic mass is 9.93.